The van der Waals surface area contributed by atoms with E-state index in [-0.39, 0.29) is 17.0 Å². The first kappa shape index (κ1) is 44.7. The highest BCUT2D eigenvalue weighted by Gasteiger charge is 2.92. The van der Waals surface area contributed by atoms with Crippen LogP contribution < -0.4 is 0 Å². The number of hydrogen-bond acceptors (Lipinski definition) is 20. The average Bonchev–Trinajstić information content (AvgIpc) is 3.79. The van der Waals surface area contributed by atoms with Crippen molar-refractivity contribution in [2.24, 2.45) is 17.3 Å². The quantitative estimate of drug-likeness (QED) is 0.293. The number of carbonyl (C=O) groups excluding carboxylic acids is 8. The fraction of sp³-hybridized carbons (Fsp3) is 0.585. The molecule has 2 aliphatic heterocycles. The molecule has 13 unspecified atom stereocenters. The first-order valence-corrected chi connectivity index (χ1v) is 19.4. The molecule has 330 valence electrons. The van der Waals surface area contributed by atoms with Gasteiger partial charge in [0.15, 0.2) is 30.0 Å². The summed E-state index contributed by atoms with van der Waals surface area (Å²) in [4.78, 5) is 113. The Balaban J connectivity index is 1.79. The van der Waals surface area contributed by atoms with E-state index in [0.29, 0.717) is 0 Å². The van der Waals surface area contributed by atoms with Crippen LogP contribution in [-0.2, 0) is 71.4 Å². The van der Waals surface area contributed by atoms with E-state index in [1.165, 1.54) is 44.3 Å². The van der Waals surface area contributed by atoms with Crippen LogP contribution in [0.1, 0.15) is 94.8 Å². The topological polar surface area (TPSA) is 266 Å². The molecule has 3 fully saturated rings. The minimum atomic E-state index is -2.88. The Morgan fingerprint density at radius 1 is 0.787 bits per heavy atom. The van der Waals surface area contributed by atoms with Gasteiger partial charge in [-0.05, 0) is 38.1 Å². The van der Waals surface area contributed by atoms with Gasteiger partial charge in [0.1, 0.15) is 42.0 Å². The highest BCUT2D eigenvalue weighted by atomic mass is 16.7. The molecule has 2 saturated carbocycles. The van der Waals surface area contributed by atoms with Crippen LogP contribution in [0.25, 0.3) is 0 Å². The maximum Gasteiger partial charge on any atom is 0.374 e. The van der Waals surface area contributed by atoms with Gasteiger partial charge in [0.2, 0.25) is 5.76 Å². The molecule has 1 saturated heterocycles. The molecule has 1 spiro atoms. The van der Waals surface area contributed by atoms with Crippen molar-refractivity contribution in [3.05, 3.63) is 53.7 Å². The number of esters is 8. The zero-order chi connectivity index (χ0) is 45.0. The molecule has 4 bridgehead atoms. The van der Waals surface area contributed by atoms with E-state index >= 15 is 0 Å². The molecule has 1 N–H and O–H groups in total. The number of fused-ring (bicyclic) bond motifs is 5. The number of pyridine rings is 1. The number of ether oxygens (including phenoxy) is 9. The van der Waals surface area contributed by atoms with Gasteiger partial charge in [0.05, 0.1) is 29.4 Å². The Morgan fingerprint density at radius 2 is 1.36 bits per heavy atom. The highest BCUT2D eigenvalue weighted by Crippen LogP contribution is 2.70. The van der Waals surface area contributed by atoms with Crippen LogP contribution in [0.4, 0.5) is 0 Å². The van der Waals surface area contributed by atoms with E-state index in [4.69, 9.17) is 47.0 Å². The van der Waals surface area contributed by atoms with Crippen LogP contribution in [0, 0.1) is 17.3 Å². The molecule has 2 aromatic heterocycles. The van der Waals surface area contributed by atoms with Crippen LogP contribution in [0.5, 0.6) is 0 Å². The Hall–Kier alpha value is -5.89. The van der Waals surface area contributed by atoms with Gasteiger partial charge in [0.25, 0.3) is 0 Å². The maximum atomic E-state index is 14.5. The van der Waals surface area contributed by atoms with Gasteiger partial charge in [0, 0.05) is 46.7 Å². The fourth-order valence-electron chi connectivity index (χ4n) is 9.68. The molecule has 61 heavy (non-hydrogen) atoms. The molecule has 20 nitrogen and oxygen atoms in total. The van der Waals surface area contributed by atoms with Crippen molar-refractivity contribution in [2.75, 3.05) is 13.2 Å². The van der Waals surface area contributed by atoms with E-state index < -0.39 is 138 Å². The van der Waals surface area contributed by atoms with Gasteiger partial charge in [-0.25, -0.2) is 9.59 Å². The third kappa shape index (κ3) is 7.28. The molecule has 2 aromatic rings. The second-order valence-corrected chi connectivity index (χ2v) is 16.1. The van der Waals surface area contributed by atoms with Crippen LogP contribution >= 0.6 is 0 Å². The summed E-state index contributed by atoms with van der Waals surface area (Å²) < 4.78 is 60.2. The molecule has 4 heterocycles. The number of furan rings is 1. The zero-order valence-electron chi connectivity index (χ0n) is 34.8. The molecular formula is C41H47NO19. The summed E-state index contributed by atoms with van der Waals surface area (Å²) in [6.07, 6.45) is -9.72. The van der Waals surface area contributed by atoms with E-state index in [2.05, 4.69) is 4.98 Å². The van der Waals surface area contributed by atoms with E-state index in [0.717, 1.165) is 47.8 Å². The third-order valence-electron chi connectivity index (χ3n) is 12.1. The predicted octanol–water partition coefficient (Wildman–Crippen LogP) is 1.92. The molecule has 0 radical (unpaired) electrons. The van der Waals surface area contributed by atoms with Gasteiger partial charge in [-0.15, -0.1) is 0 Å². The van der Waals surface area contributed by atoms with Crippen molar-refractivity contribution in [2.45, 2.75) is 122 Å². The number of hydrogen-bond donors (Lipinski definition) is 1. The smallest absolute Gasteiger partial charge is 0.374 e. The van der Waals surface area contributed by atoms with Crippen molar-refractivity contribution >= 4 is 47.8 Å². The predicted molar refractivity (Wildman–Crippen MR) is 198 cm³/mol. The number of aromatic nitrogens is 1. The van der Waals surface area contributed by atoms with E-state index in [1.807, 2.05) is 0 Å². The molecule has 0 amide bonds. The van der Waals surface area contributed by atoms with E-state index in [9.17, 15) is 43.5 Å². The van der Waals surface area contributed by atoms with Gasteiger partial charge < -0.3 is 52.2 Å². The summed E-state index contributed by atoms with van der Waals surface area (Å²) in [7, 11) is 0. The lowest BCUT2D eigenvalue weighted by Gasteiger charge is -2.67. The largest absolute Gasteiger partial charge is 0.459 e. The van der Waals surface area contributed by atoms with Crippen LogP contribution in [0.3, 0.4) is 0 Å². The molecule has 13 atom stereocenters. The second-order valence-electron chi connectivity index (χ2n) is 16.1. The van der Waals surface area contributed by atoms with Crippen molar-refractivity contribution in [3.63, 3.8) is 0 Å². The van der Waals surface area contributed by atoms with Crippen molar-refractivity contribution < 1.29 is 90.5 Å². The van der Waals surface area contributed by atoms with Crippen molar-refractivity contribution in [3.8, 4) is 0 Å². The number of aliphatic hydroxyl groups is 1. The molecule has 0 aromatic carbocycles. The van der Waals surface area contributed by atoms with Crippen molar-refractivity contribution in [1.29, 1.82) is 0 Å². The van der Waals surface area contributed by atoms with E-state index in [1.54, 1.807) is 6.92 Å². The summed E-state index contributed by atoms with van der Waals surface area (Å²) >= 11 is 0. The minimum absolute atomic E-state index is 0.0561. The van der Waals surface area contributed by atoms with Crippen LogP contribution in [0.2, 0.25) is 0 Å². The normalized spacial score (nSPS) is 36.5. The third-order valence-corrected chi connectivity index (χ3v) is 12.1. The molecule has 6 rings (SSSR count). The summed E-state index contributed by atoms with van der Waals surface area (Å²) in [6, 6.07) is 5.50. The van der Waals surface area contributed by atoms with Crippen LogP contribution in [-0.4, -0.2) is 124 Å². The minimum Gasteiger partial charge on any atom is -0.459 e. The summed E-state index contributed by atoms with van der Waals surface area (Å²) in [5.74, 6) is -12.5. The Labute approximate surface area is 348 Å². The molecule has 4 aliphatic rings. The Bertz CT molecular complexity index is 2120. The Morgan fingerprint density at radius 3 is 1.93 bits per heavy atom. The number of carbonyl (C=O) groups is 8. The SMILES string of the molecule is CC(=O)OC1C2C(OC(C)=O)C34OC2(C)COC(=O)c2cccnc2C(C)C(C)C(=O)OC(C(OC(C)=O)C(OC(C)=O)C3(COC(=O)c2ccco2)C1OC(C)=O)C4(C)O. The molecule has 2 aliphatic carbocycles. The summed E-state index contributed by atoms with van der Waals surface area (Å²) in [5.41, 5.74) is -10.4. The van der Waals surface area contributed by atoms with Crippen LogP contribution in [0.15, 0.2) is 41.1 Å². The molecule has 20 heteroatoms. The number of cyclic esters (lactones) is 1. The van der Waals surface area contributed by atoms with Crippen molar-refractivity contribution in [1.82, 2.24) is 4.98 Å². The standard InChI is InChI=1S/C41H47NO19/c1-18-19(2)35(48)60-32-30(56-21(4)44)34(59-24(7)47)40(17-54-37(50)26-13-11-15-52-26)33(58-23(6)46)29(55-20(3)43)27-31(57-22(5)45)41(40,39(32,9)51)61-38(27,8)16-53-36(49)25-12-10-14-42-28(18)25/h10-15,18-19,27,29-34,51H,16-17H2,1-9H3. The molecular weight excluding hydrogens is 810 g/mol. The number of nitrogens with zero attached hydrogens (tertiary/aromatic N) is 1. The average molecular weight is 858 g/mol. The van der Waals surface area contributed by atoms with Gasteiger partial charge in [-0.2, -0.15) is 0 Å². The Kier molecular flexibility index (Phi) is 11.8. The summed E-state index contributed by atoms with van der Waals surface area (Å²) in [6.45, 7) is 8.44. The summed E-state index contributed by atoms with van der Waals surface area (Å²) in [5, 5.41) is 13.6. The highest BCUT2D eigenvalue weighted by molar-refractivity contribution is 5.91. The maximum absolute atomic E-state index is 14.5. The lowest BCUT2D eigenvalue weighted by atomic mass is 9.45. The lowest BCUT2D eigenvalue weighted by Crippen LogP contribution is -2.89. The first-order valence-electron chi connectivity index (χ1n) is 19.4. The zero-order valence-corrected chi connectivity index (χ0v) is 34.8. The van der Waals surface area contributed by atoms with Gasteiger partial charge >= 0.3 is 47.8 Å². The second kappa shape index (κ2) is 16.2. The van der Waals surface area contributed by atoms with Gasteiger partial charge in [-0.1, -0.05) is 13.8 Å². The first-order chi connectivity index (χ1) is 28.5. The fourth-order valence-corrected chi connectivity index (χ4v) is 9.68. The lowest BCUT2D eigenvalue weighted by molar-refractivity contribution is -0.386. The van der Waals surface area contributed by atoms with Gasteiger partial charge in [-0.3, -0.25) is 33.8 Å². The number of rotatable bonds is 8. The monoisotopic (exact) mass is 857 g/mol.